The number of carbonyl (C=O) groups is 1. The zero-order valence-corrected chi connectivity index (χ0v) is 16.4. The van der Waals surface area contributed by atoms with Crippen molar-refractivity contribution in [1.82, 2.24) is 15.3 Å². The van der Waals surface area contributed by atoms with Crippen LogP contribution >= 0.6 is 0 Å². The Morgan fingerprint density at radius 2 is 1.86 bits per heavy atom. The van der Waals surface area contributed by atoms with Gasteiger partial charge in [0.1, 0.15) is 17.3 Å². The number of amides is 1. The topological polar surface area (TPSA) is 76.1 Å². The van der Waals surface area contributed by atoms with Crippen LogP contribution in [0.5, 0.6) is 5.75 Å². The van der Waals surface area contributed by atoms with Gasteiger partial charge in [0, 0.05) is 12.7 Å². The maximum Gasteiger partial charge on any atom is 0.270 e. The maximum absolute atomic E-state index is 12.9. The van der Waals surface area contributed by atoms with Crippen molar-refractivity contribution in [3.63, 3.8) is 0 Å². The van der Waals surface area contributed by atoms with Gasteiger partial charge >= 0.3 is 0 Å². The van der Waals surface area contributed by atoms with E-state index >= 15 is 0 Å². The Hall–Kier alpha value is -3.48. The van der Waals surface area contributed by atoms with Gasteiger partial charge in [0.15, 0.2) is 0 Å². The third kappa shape index (κ3) is 6.00. The number of anilines is 2. The largest absolute Gasteiger partial charge is 0.489 e. The molecule has 0 aliphatic rings. The number of hydrogen-bond donors (Lipinski definition) is 2. The molecule has 2 aromatic carbocycles. The van der Waals surface area contributed by atoms with Gasteiger partial charge in [-0.1, -0.05) is 24.3 Å². The van der Waals surface area contributed by atoms with Gasteiger partial charge in [-0.2, -0.15) is 0 Å². The number of nitrogens with one attached hydrogen (secondary N) is 2. The molecule has 0 spiro atoms. The number of hydrogen-bond acceptors (Lipinski definition) is 5. The summed E-state index contributed by atoms with van der Waals surface area (Å²) in [5, 5.41) is 5.91. The normalized spacial score (nSPS) is 10.6. The summed E-state index contributed by atoms with van der Waals surface area (Å²) in [6, 6.07) is 15.2. The quantitative estimate of drug-likeness (QED) is 0.601. The van der Waals surface area contributed by atoms with Crippen LogP contribution in [-0.2, 0) is 6.42 Å². The third-order valence-electron chi connectivity index (χ3n) is 4.00. The highest BCUT2D eigenvalue weighted by molar-refractivity contribution is 5.92. The number of rotatable bonds is 8. The Bertz CT molecular complexity index is 961. The second-order valence-electron chi connectivity index (χ2n) is 6.69. The number of nitrogens with zero attached hydrogens (tertiary/aromatic N) is 2. The minimum absolute atomic E-state index is 0.0251. The highest BCUT2D eigenvalue weighted by Crippen LogP contribution is 2.26. The van der Waals surface area contributed by atoms with Gasteiger partial charge in [-0.3, -0.25) is 4.79 Å². The molecule has 0 aliphatic heterocycles. The lowest BCUT2D eigenvalue weighted by Crippen LogP contribution is -2.26. The van der Waals surface area contributed by atoms with Crippen LogP contribution in [0.1, 0.15) is 29.9 Å². The Labute approximate surface area is 169 Å². The first-order chi connectivity index (χ1) is 14.0. The average Bonchev–Trinajstić information content (AvgIpc) is 2.71. The number of benzene rings is 2. The van der Waals surface area contributed by atoms with Gasteiger partial charge in [-0.25, -0.2) is 14.4 Å². The summed E-state index contributed by atoms with van der Waals surface area (Å²) < 4.78 is 18.7. The lowest BCUT2D eigenvalue weighted by atomic mass is 10.1. The molecular weight excluding hydrogens is 371 g/mol. The van der Waals surface area contributed by atoms with E-state index in [0.29, 0.717) is 24.7 Å². The predicted molar refractivity (Wildman–Crippen MR) is 110 cm³/mol. The van der Waals surface area contributed by atoms with Gasteiger partial charge in [0.2, 0.25) is 5.95 Å². The van der Waals surface area contributed by atoms with Crippen molar-refractivity contribution >= 4 is 17.5 Å². The van der Waals surface area contributed by atoms with Crippen LogP contribution in [-0.4, -0.2) is 28.5 Å². The number of halogens is 1. The summed E-state index contributed by atoms with van der Waals surface area (Å²) in [5.74, 6) is 0.402. The van der Waals surface area contributed by atoms with Crippen LogP contribution < -0.4 is 15.4 Å². The van der Waals surface area contributed by atoms with Crippen LogP contribution in [0.2, 0.25) is 0 Å². The SMILES string of the molecule is CC(C)Oc1ccccc1Nc1nccc(C(=O)NCCc2ccc(F)cc2)n1. The first-order valence-electron chi connectivity index (χ1n) is 9.39. The second-order valence-corrected chi connectivity index (χ2v) is 6.69. The molecule has 0 atom stereocenters. The van der Waals surface area contributed by atoms with E-state index in [0.717, 1.165) is 11.3 Å². The molecule has 3 rings (SSSR count). The molecule has 150 valence electrons. The van der Waals surface area contributed by atoms with E-state index in [4.69, 9.17) is 4.74 Å². The van der Waals surface area contributed by atoms with Crippen molar-refractivity contribution in [2.45, 2.75) is 26.4 Å². The zero-order chi connectivity index (χ0) is 20.6. The van der Waals surface area contributed by atoms with Gasteiger partial charge in [0.05, 0.1) is 11.8 Å². The highest BCUT2D eigenvalue weighted by atomic mass is 19.1. The molecule has 0 bridgehead atoms. The van der Waals surface area contributed by atoms with Gasteiger partial charge in [0.25, 0.3) is 5.91 Å². The van der Waals surface area contributed by atoms with Crippen LogP contribution in [0.4, 0.5) is 16.0 Å². The fourth-order valence-electron chi connectivity index (χ4n) is 2.65. The fourth-order valence-corrected chi connectivity index (χ4v) is 2.65. The van der Waals surface area contributed by atoms with E-state index in [1.807, 2.05) is 38.1 Å². The summed E-state index contributed by atoms with van der Waals surface area (Å²) in [5.41, 5.74) is 1.91. The van der Waals surface area contributed by atoms with E-state index < -0.39 is 0 Å². The fraction of sp³-hybridized carbons (Fsp3) is 0.227. The molecule has 7 heteroatoms. The molecule has 0 fully saturated rings. The summed E-state index contributed by atoms with van der Waals surface area (Å²) >= 11 is 0. The standard InChI is InChI=1S/C22H23FN4O2/c1-15(2)29-20-6-4-3-5-18(20)26-22-25-14-12-19(27-22)21(28)24-13-11-16-7-9-17(23)10-8-16/h3-10,12,14-15H,11,13H2,1-2H3,(H,24,28)(H,25,26,27). The molecule has 0 saturated heterocycles. The molecule has 6 nitrogen and oxygen atoms in total. The summed E-state index contributed by atoms with van der Waals surface area (Å²) in [4.78, 5) is 20.9. The summed E-state index contributed by atoms with van der Waals surface area (Å²) in [6.45, 7) is 4.32. The molecular formula is C22H23FN4O2. The van der Waals surface area contributed by atoms with Crippen molar-refractivity contribution in [3.8, 4) is 5.75 Å². The second kappa shape index (κ2) is 9.64. The van der Waals surface area contributed by atoms with Crippen LogP contribution in [0.3, 0.4) is 0 Å². The maximum atomic E-state index is 12.9. The van der Waals surface area contributed by atoms with E-state index in [1.54, 1.807) is 18.2 Å². The molecule has 0 aliphatic carbocycles. The number of para-hydroxylation sites is 2. The number of aromatic nitrogens is 2. The first-order valence-corrected chi connectivity index (χ1v) is 9.39. The molecule has 1 aromatic heterocycles. The van der Waals surface area contributed by atoms with E-state index in [2.05, 4.69) is 20.6 Å². The molecule has 1 amide bonds. The first kappa shape index (κ1) is 20.3. The molecule has 29 heavy (non-hydrogen) atoms. The lowest BCUT2D eigenvalue weighted by Gasteiger charge is -2.14. The number of ether oxygens (including phenoxy) is 1. The Balaban J connectivity index is 1.62. The zero-order valence-electron chi connectivity index (χ0n) is 16.4. The van der Waals surface area contributed by atoms with E-state index in [9.17, 15) is 9.18 Å². The molecule has 1 heterocycles. The van der Waals surface area contributed by atoms with Crippen LogP contribution in [0.25, 0.3) is 0 Å². The van der Waals surface area contributed by atoms with Crippen molar-refractivity contribution in [2.24, 2.45) is 0 Å². The van der Waals surface area contributed by atoms with Crippen molar-refractivity contribution in [2.75, 3.05) is 11.9 Å². The molecule has 3 aromatic rings. The summed E-state index contributed by atoms with van der Waals surface area (Å²) in [6.07, 6.45) is 2.15. The van der Waals surface area contributed by atoms with Crippen molar-refractivity contribution in [3.05, 3.63) is 77.9 Å². The Morgan fingerprint density at radius 3 is 2.62 bits per heavy atom. The molecule has 0 saturated carbocycles. The van der Waals surface area contributed by atoms with Crippen LogP contribution in [0.15, 0.2) is 60.8 Å². The average molecular weight is 394 g/mol. The van der Waals surface area contributed by atoms with Crippen molar-refractivity contribution < 1.29 is 13.9 Å². The minimum Gasteiger partial charge on any atom is -0.489 e. The molecule has 2 N–H and O–H groups in total. The van der Waals surface area contributed by atoms with Crippen molar-refractivity contribution in [1.29, 1.82) is 0 Å². The third-order valence-corrected chi connectivity index (χ3v) is 4.00. The van der Waals surface area contributed by atoms with Gasteiger partial charge in [-0.15, -0.1) is 0 Å². The highest BCUT2D eigenvalue weighted by Gasteiger charge is 2.11. The predicted octanol–water partition coefficient (Wildman–Crippen LogP) is 4.12. The van der Waals surface area contributed by atoms with E-state index in [1.165, 1.54) is 18.3 Å². The molecule has 0 unspecified atom stereocenters. The number of carbonyl (C=O) groups excluding carboxylic acids is 1. The Kier molecular flexibility index (Phi) is 6.73. The monoisotopic (exact) mass is 394 g/mol. The van der Waals surface area contributed by atoms with Gasteiger partial charge in [-0.05, 0) is 56.2 Å². The minimum atomic E-state index is -0.302. The van der Waals surface area contributed by atoms with E-state index in [-0.39, 0.29) is 23.5 Å². The molecule has 0 radical (unpaired) electrons. The smallest absolute Gasteiger partial charge is 0.270 e. The summed E-state index contributed by atoms with van der Waals surface area (Å²) in [7, 11) is 0. The van der Waals surface area contributed by atoms with Crippen LogP contribution in [0, 0.1) is 5.82 Å². The van der Waals surface area contributed by atoms with Gasteiger partial charge < -0.3 is 15.4 Å². The Morgan fingerprint density at radius 1 is 1.10 bits per heavy atom. The lowest BCUT2D eigenvalue weighted by molar-refractivity contribution is 0.0949.